The Kier molecular flexibility index (Phi) is 14.2. The number of carboxylic acids is 1. The smallest absolute Gasteiger partial charge is 0.339 e. The van der Waals surface area contributed by atoms with Crippen molar-refractivity contribution < 1.29 is 47.8 Å². The van der Waals surface area contributed by atoms with E-state index in [9.17, 15) is 28.1 Å². The maximum absolute atomic E-state index is 14.7. The van der Waals surface area contributed by atoms with Crippen molar-refractivity contribution in [3.8, 4) is 24.2 Å². The van der Waals surface area contributed by atoms with Gasteiger partial charge in [0.25, 0.3) is 17.7 Å². The molecule has 21 heteroatoms. The number of anilines is 4. The van der Waals surface area contributed by atoms with Crippen molar-refractivity contribution in [3.05, 3.63) is 34.4 Å². The lowest BCUT2D eigenvalue weighted by molar-refractivity contribution is -0.136. The summed E-state index contributed by atoms with van der Waals surface area (Å²) in [6, 6.07) is 4.45. The monoisotopic (exact) mass is 763 g/mol. The molecule has 2 aliphatic heterocycles. The summed E-state index contributed by atoms with van der Waals surface area (Å²) in [6.45, 7) is 5.34. The molecule has 0 spiro atoms. The molecule has 52 heavy (non-hydrogen) atoms. The summed E-state index contributed by atoms with van der Waals surface area (Å²) in [6.07, 6.45) is 7.41. The SMILES string of the molecule is C#CCN1C(=O)COc2cc(F)c(N3C(=O)C4=C(CCCC4)C3=O)cc21.CCNc1nc(Cl)nc(NC(C)(C)C#N)n1.O=C(O)CNCP(=O)(O)O. The largest absolute Gasteiger partial charge is 0.481 e. The Hall–Kier alpha value is -5.17. The van der Waals surface area contributed by atoms with Crippen molar-refractivity contribution in [2.75, 3.05) is 53.0 Å². The molecule has 6 N–H and O–H groups in total. The standard InChI is InChI=1S/C19H15FN2O4.C9H13ClN6.C3H8NO5P/c1-2-7-21-15-9-14(13(20)8-16(15)26-10-17(21)23)22-18(24)11-5-3-4-6-12(11)19(22)25;1-4-12-7-13-6(10)14-8(15-7)16-9(2,3)5-11;5-3(6)1-4-2-10(7,8)9/h1,8-9H,3-7,10H2;4H2,1-3H3,(H2,12,13,14,15,16);4H,1-2H2,(H,5,6)(H2,7,8,9). The number of hydrogen-bond donors (Lipinski definition) is 6. The molecular formula is C31H36ClFN9O9P. The van der Waals surface area contributed by atoms with Gasteiger partial charge in [0, 0.05) is 23.8 Å². The Morgan fingerprint density at radius 2 is 1.73 bits per heavy atom. The normalized spacial score (nSPS) is 15.1. The molecule has 0 saturated heterocycles. The van der Waals surface area contributed by atoms with Crippen LogP contribution < -0.4 is 30.5 Å². The molecule has 3 heterocycles. The summed E-state index contributed by atoms with van der Waals surface area (Å²) >= 11 is 5.73. The van der Waals surface area contributed by atoms with Crippen molar-refractivity contribution in [2.24, 2.45) is 0 Å². The van der Waals surface area contributed by atoms with E-state index in [-0.39, 0.29) is 47.4 Å². The van der Waals surface area contributed by atoms with E-state index in [1.165, 1.54) is 11.0 Å². The fourth-order valence-corrected chi connectivity index (χ4v) is 5.43. The molecular weight excluding hydrogens is 728 g/mol. The van der Waals surface area contributed by atoms with Gasteiger partial charge in [-0.3, -0.25) is 34.0 Å². The Balaban J connectivity index is 0.000000240. The second-order valence-corrected chi connectivity index (χ2v) is 13.6. The topological polar surface area (TPSA) is 260 Å². The highest BCUT2D eigenvalue weighted by molar-refractivity contribution is 7.51. The summed E-state index contributed by atoms with van der Waals surface area (Å²) in [7, 11) is -4.10. The van der Waals surface area contributed by atoms with Crippen LogP contribution in [0, 0.1) is 29.5 Å². The van der Waals surface area contributed by atoms with Gasteiger partial charge in [-0.2, -0.15) is 20.2 Å². The number of benzene rings is 1. The molecule has 3 aliphatic rings. The first-order valence-corrected chi connectivity index (χ1v) is 17.7. The summed E-state index contributed by atoms with van der Waals surface area (Å²) in [5.74, 6) is -0.0714. The average molecular weight is 764 g/mol. The van der Waals surface area contributed by atoms with E-state index in [1.54, 1.807) is 13.8 Å². The van der Waals surface area contributed by atoms with Crippen LogP contribution in [0.2, 0.25) is 5.28 Å². The highest BCUT2D eigenvalue weighted by Gasteiger charge is 2.41. The van der Waals surface area contributed by atoms with Crippen LogP contribution in [0.4, 0.5) is 27.7 Å². The number of imide groups is 1. The quantitative estimate of drug-likeness (QED) is 0.115. The molecule has 0 fully saturated rings. The summed E-state index contributed by atoms with van der Waals surface area (Å²) in [5, 5.41) is 24.8. The number of hydrogen-bond acceptors (Lipinski definition) is 13. The van der Waals surface area contributed by atoms with E-state index in [4.69, 9.17) is 42.9 Å². The first-order valence-electron chi connectivity index (χ1n) is 15.5. The lowest BCUT2D eigenvalue weighted by Crippen LogP contribution is -2.39. The predicted molar refractivity (Wildman–Crippen MR) is 186 cm³/mol. The number of carboxylic acid groups (broad SMARTS) is 1. The number of aromatic nitrogens is 3. The van der Waals surface area contributed by atoms with Crippen LogP contribution in [0.25, 0.3) is 0 Å². The lowest BCUT2D eigenvalue weighted by atomic mass is 9.93. The minimum atomic E-state index is -4.10. The van der Waals surface area contributed by atoms with Crippen molar-refractivity contribution in [1.82, 2.24) is 20.3 Å². The Bertz CT molecular complexity index is 1860. The van der Waals surface area contributed by atoms with Crippen LogP contribution >= 0.6 is 19.2 Å². The van der Waals surface area contributed by atoms with Gasteiger partial charge in [-0.25, -0.2) is 9.29 Å². The molecule has 1 aromatic heterocycles. The zero-order valence-electron chi connectivity index (χ0n) is 28.3. The molecule has 2 aromatic rings. The molecule has 0 saturated carbocycles. The molecule has 1 aromatic carbocycles. The van der Waals surface area contributed by atoms with E-state index >= 15 is 0 Å². The number of halogens is 2. The van der Waals surface area contributed by atoms with Crippen LogP contribution in [-0.4, -0.2) is 91.6 Å². The lowest BCUT2D eigenvalue weighted by Gasteiger charge is -2.29. The van der Waals surface area contributed by atoms with Gasteiger partial charge >= 0.3 is 13.6 Å². The van der Waals surface area contributed by atoms with Gasteiger partial charge in [-0.05, 0) is 64.1 Å². The van der Waals surface area contributed by atoms with Crippen LogP contribution in [-0.2, 0) is 23.7 Å². The number of ether oxygens (including phenoxy) is 1. The summed E-state index contributed by atoms with van der Waals surface area (Å²) in [4.78, 5) is 77.5. The number of amides is 3. The molecule has 0 atom stereocenters. The Labute approximate surface area is 302 Å². The molecule has 5 rings (SSSR count). The number of carbonyl (C=O) groups is 4. The van der Waals surface area contributed by atoms with Gasteiger partial charge in [0.2, 0.25) is 17.2 Å². The van der Waals surface area contributed by atoms with Crippen LogP contribution in [0.5, 0.6) is 5.75 Å². The number of terminal acetylenes is 1. The molecule has 278 valence electrons. The first kappa shape index (κ1) is 41.3. The third-order valence-corrected chi connectivity index (χ3v) is 7.90. The van der Waals surface area contributed by atoms with Gasteiger partial charge in [-0.1, -0.05) is 5.92 Å². The van der Waals surface area contributed by atoms with Crippen LogP contribution in [0.3, 0.4) is 0 Å². The molecule has 0 bridgehead atoms. The van der Waals surface area contributed by atoms with Gasteiger partial charge in [0.1, 0.15) is 11.3 Å². The summed E-state index contributed by atoms with van der Waals surface area (Å²) in [5.41, 5.74) is 0.237. The minimum absolute atomic E-state index is 0.0170. The van der Waals surface area contributed by atoms with Gasteiger partial charge in [-0.15, -0.1) is 6.42 Å². The van der Waals surface area contributed by atoms with E-state index in [0.29, 0.717) is 36.5 Å². The number of fused-ring (bicyclic) bond motifs is 1. The van der Waals surface area contributed by atoms with Gasteiger partial charge < -0.3 is 30.3 Å². The van der Waals surface area contributed by atoms with Crippen molar-refractivity contribution >= 4 is 66.2 Å². The molecule has 3 amide bonds. The Morgan fingerprint density at radius 1 is 1.12 bits per heavy atom. The molecule has 0 unspecified atom stereocenters. The molecule has 1 aliphatic carbocycles. The average Bonchev–Trinajstić information content (AvgIpc) is 3.31. The second kappa shape index (κ2) is 17.9. The number of rotatable bonds is 10. The van der Waals surface area contributed by atoms with Crippen LogP contribution in [0.15, 0.2) is 23.3 Å². The Morgan fingerprint density at radius 3 is 2.27 bits per heavy atom. The maximum Gasteiger partial charge on any atom is 0.339 e. The number of nitrogens with one attached hydrogen (secondary N) is 3. The number of nitriles is 1. The van der Waals surface area contributed by atoms with Crippen LogP contribution in [0.1, 0.15) is 46.5 Å². The minimum Gasteiger partial charge on any atom is -0.481 e. The highest BCUT2D eigenvalue weighted by Crippen LogP contribution is 2.41. The highest BCUT2D eigenvalue weighted by atomic mass is 35.5. The maximum atomic E-state index is 14.7. The van der Waals surface area contributed by atoms with Crippen molar-refractivity contribution in [2.45, 2.75) is 52.0 Å². The van der Waals surface area contributed by atoms with E-state index in [1.807, 2.05) is 6.92 Å². The van der Waals surface area contributed by atoms with E-state index in [0.717, 1.165) is 23.8 Å². The number of carbonyl (C=O) groups excluding carboxylic acids is 3. The third-order valence-electron chi connectivity index (χ3n) is 7.09. The van der Waals surface area contributed by atoms with E-state index in [2.05, 4.69) is 42.9 Å². The fourth-order valence-electron chi connectivity index (χ4n) is 4.86. The number of nitrogens with zero attached hydrogens (tertiary/aromatic N) is 6. The molecule has 0 radical (unpaired) electrons. The molecule has 18 nitrogen and oxygen atoms in total. The van der Waals surface area contributed by atoms with Gasteiger partial charge in [0.05, 0.1) is 36.8 Å². The zero-order valence-corrected chi connectivity index (χ0v) is 29.9. The second-order valence-electron chi connectivity index (χ2n) is 11.6. The predicted octanol–water partition coefficient (Wildman–Crippen LogP) is 2.39. The van der Waals surface area contributed by atoms with Gasteiger partial charge in [0.15, 0.2) is 12.4 Å². The zero-order chi connectivity index (χ0) is 38.8. The fraction of sp³-hybridized carbons (Fsp3) is 0.419. The third kappa shape index (κ3) is 11.2. The summed E-state index contributed by atoms with van der Waals surface area (Å²) < 4.78 is 30.0. The van der Waals surface area contributed by atoms with Crippen molar-refractivity contribution in [1.29, 1.82) is 5.26 Å². The van der Waals surface area contributed by atoms with E-state index < -0.39 is 49.6 Å². The first-order chi connectivity index (χ1) is 24.4. The number of aliphatic carboxylic acids is 1. The van der Waals surface area contributed by atoms with Crippen molar-refractivity contribution in [3.63, 3.8) is 0 Å².